The van der Waals surface area contributed by atoms with Crippen LogP contribution in [-0.4, -0.2) is 42.8 Å². The second-order valence-electron chi connectivity index (χ2n) is 7.41. The quantitative estimate of drug-likeness (QED) is 0.153. The second-order valence-corrected chi connectivity index (χ2v) is 8.26. The average Bonchev–Trinajstić information content (AvgIpc) is 3.34. The lowest BCUT2D eigenvalue weighted by Gasteiger charge is -2.15. The SMILES string of the molecule is C#Cc1nc(C(=O)N(F)c2cc(N)cc(OC)c2)cs1.CN(CCCC=O)Cc1ccc(F)cc1. The first-order valence-electron chi connectivity index (χ1n) is 10.5. The molecular weight excluding hydrogens is 474 g/mol. The highest BCUT2D eigenvalue weighted by Gasteiger charge is 2.21. The molecule has 0 spiro atoms. The van der Waals surface area contributed by atoms with Gasteiger partial charge in [-0.05, 0) is 49.7 Å². The van der Waals surface area contributed by atoms with Crippen LogP contribution in [0.15, 0.2) is 47.8 Å². The predicted molar refractivity (Wildman–Crippen MR) is 133 cm³/mol. The number of aldehydes is 1. The number of aromatic nitrogens is 1. The molecule has 3 rings (SSSR count). The van der Waals surface area contributed by atoms with E-state index < -0.39 is 5.91 Å². The first-order valence-corrected chi connectivity index (χ1v) is 11.4. The molecule has 0 atom stereocenters. The summed E-state index contributed by atoms with van der Waals surface area (Å²) in [5, 5.41) is 1.66. The molecule has 0 aliphatic rings. The van der Waals surface area contributed by atoms with Gasteiger partial charge in [0.05, 0.1) is 12.8 Å². The number of amides is 1. The molecule has 1 amide bonds. The first-order chi connectivity index (χ1) is 16.8. The number of unbranched alkanes of at least 4 members (excludes halogenated alkanes) is 1. The van der Waals surface area contributed by atoms with Crippen molar-refractivity contribution >= 4 is 34.9 Å². The molecule has 184 valence electrons. The lowest BCUT2D eigenvalue weighted by molar-refractivity contribution is -0.108. The van der Waals surface area contributed by atoms with Gasteiger partial charge in [-0.1, -0.05) is 16.6 Å². The summed E-state index contributed by atoms with van der Waals surface area (Å²) in [6.07, 6.45) is 7.57. The van der Waals surface area contributed by atoms with Crippen LogP contribution in [0.3, 0.4) is 0 Å². The number of ether oxygens (including phenoxy) is 1. The smallest absolute Gasteiger partial charge is 0.305 e. The van der Waals surface area contributed by atoms with Crippen LogP contribution >= 0.6 is 11.3 Å². The Morgan fingerprint density at radius 1 is 1.29 bits per heavy atom. The summed E-state index contributed by atoms with van der Waals surface area (Å²) in [7, 11) is 3.41. The van der Waals surface area contributed by atoms with Crippen molar-refractivity contribution in [2.24, 2.45) is 0 Å². The summed E-state index contributed by atoms with van der Waals surface area (Å²) < 4.78 is 31.7. The van der Waals surface area contributed by atoms with Crippen LogP contribution in [0.5, 0.6) is 5.75 Å². The van der Waals surface area contributed by atoms with Crippen LogP contribution in [0.2, 0.25) is 0 Å². The Kier molecular flexibility index (Phi) is 10.8. The van der Waals surface area contributed by atoms with Crippen molar-refractivity contribution in [2.75, 3.05) is 31.6 Å². The molecule has 2 aromatic carbocycles. The number of nitrogen functional groups attached to an aromatic ring is 1. The minimum absolute atomic E-state index is 0.0397. The maximum Gasteiger partial charge on any atom is 0.305 e. The zero-order chi connectivity index (χ0) is 25.8. The number of nitrogens with two attached hydrogens (primary N) is 1. The standard InChI is InChI=1S/C13H10FN3O2S.C12H16FNO/c1-3-12-16-11(7-20-12)13(18)17(14)9-4-8(15)5-10(6-9)19-2;1-14(8-2-3-9-15)10-11-4-6-12(13)7-5-11/h1,4-7H,15H2,2H3;4-7,9H,2-3,8,10H2,1H3. The molecule has 3 aromatic rings. The fourth-order valence-corrected chi connectivity index (χ4v) is 3.51. The molecule has 1 aromatic heterocycles. The number of hydrogen-bond acceptors (Lipinski definition) is 7. The molecule has 0 fully saturated rings. The number of carbonyl (C=O) groups is 2. The zero-order valence-electron chi connectivity index (χ0n) is 19.4. The first kappa shape index (κ1) is 27.4. The van der Waals surface area contributed by atoms with Crippen LogP contribution < -0.4 is 15.6 Å². The van der Waals surface area contributed by atoms with E-state index in [1.807, 2.05) is 7.05 Å². The molecule has 0 radical (unpaired) electrons. The van der Waals surface area contributed by atoms with Gasteiger partial charge in [0.25, 0.3) is 0 Å². The average molecular weight is 501 g/mol. The zero-order valence-corrected chi connectivity index (χ0v) is 20.2. The molecule has 10 heteroatoms. The van der Waals surface area contributed by atoms with E-state index in [4.69, 9.17) is 16.9 Å². The lowest BCUT2D eigenvalue weighted by Crippen LogP contribution is -2.22. The molecule has 0 unspecified atom stereocenters. The fraction of sp³-hybridized carbons (Fsp3) is 0.240. The number of terminal acetylenes is 1. The molecule has 7 nitrogen and oxygen atoms in total. The molecule has 2 N–H and O–H groups in total. The summed E-state index contributed by atoms with van der Waals surface area (Å²) in [6.45, 7) is 1.68. The molecule has 0 aliphatic heterocycles. The van der Waals surface area contributed by atoms with E-state index in [0.29, 0.717) is 17.2 Å². The lowest BCUT2D eigenvalue weighted by atomic mass is 10.2. The predicted octanol–water partition coefficient (Wildman–Crippen LogP) is 4.48. The summed E-state index contributed by atoms with van der Waals surface area (Å²) in [6, 6.07) is 10.7. The Morgan fingerprint density at radius 3 is 2.60 bits per heavy atom. The minimum atomic E-state index is -0.921. The number of rotatable bonds is 9. The molecule has 0 saturated heterocycles. The van der Waals surface area contributed by atoms with Crippen molar-refractivity contribution in [3.8, 4) is 18.1 Å². The summed E-state index contributed by atoms with van der Waals surface area (Å²) in [5.74, 6) is 1.50. The van der Waals surface area contributed by atoms with Gasteiger partial charge < -0.3 is 20.2 Å². The van der Waals surface area contributed by atoms with Crippen molar-refractivity contribution in [1.82, 2.24) is 9.88 Å². The molecule has 35 heavy (non-hydrogen) atoms. The number of benzene rings is 2. The topological polar surface area (TPSA) is 88.8 Å². The minimum Gasteiger partial charge on any atom is -0.497 e. The van der Waals surface area contributed by atoms with Crippen molar-refractivity contribution in [3.63, 3.8) is 0 Å². The van der Waals surface area contributed by atoms with Gasteiger partial charge in [0.1, 0.15) is 23.5 Å². The van der Waals surface area contributed by atoms with Crippen molar-refractivity contribution < 1.29 is 23.2 Å². The van der Waals surface area contributed by atoms with Crippen molar-refractivity contribution in [1.29, 1.82) is 0 Å². The van der Waals surface area contributed by atoms with E-state index in [0.717, 1.165) is 42.7 Å². The number of thiazole rings is 1. The summed E-state index contributed by atoms with van der Waals surface area (Å²) >= 11 is 1.09. The number of halogens is 2. The third-order valence-corrected chi connectivity index (χ3v) is 5.40. The number of methoxy groups -OCH3 is 1. The summed E-state index contributed by atoms with van der Waals surface area (Å²) in [5.41, 5.74) is 6.87. The van der Waals surface area contributed by atoms with Crippen molar-refractivity contribution in [2.45, 2.75) is 19.4 Å². The van der Waals surface area contributed by atoms with Gasteiger partial charge in [0, 0.05) is 36.2 Å². The molecule has 0 saturated carbocycles. The van der Waals surface area contributed by atoms with Crippen molar-refractivity contribution in [3.05, 3.63) is 69.9 Å². The van der Waals surface area contributed by atoms with Crippen LogP contribution in [0.1, 0.15) is 33.9 Å². The van der Waals surface area contributed by atoms with Gasteiger partial charge in [0.2, 0.25) is 0 Å². The van der Waals surface area contributed by atoms with Gasteiger partial charge in [-0.25, -0.2) is 9.37 Å². The highest BCUT2D eigenvalue weighted by atomic mass is 32.1. The Hall–Kier alpha value is -3.81. The normalized spacial score (nSPS) is 10.2. The largest absolute Gasteiger partial charge is 0.497 e. The van der Waals surface area contributed by atoms with E-state index in [-0.39, 0.29) is 28.0 Å². The highest BCUT2D eigenvalue weighted by Crippen LogP contribution is 2.27. The van der Waals surface area contributed by atoms with Gasteiger partial charge >= 0.3 is 5.91 Å². The van der Waals surface area contributed by atoms with Gasteiger partial charge in [-0.2, -0.15) is 0 Å². The molecular formula is C25H26F2N4O3S. The van der Waals surface area contributed by atoms with Crippen LogP contribution in [0, 0.1) is 18.2 Å². The molecule has 0 aliphatic carbocycles. The Morgan fingerprint density at radius 2 is 2.00 bits per heavy atom. The number of hydrogen-bond donors (Lipinski definition) is 1. The van der Waals surface area contributed by atoms with Gasteiger partial charge in [-0.15, -0.1) is 22.9 Å². The fourth-order valence-electron chi connectivity index (χ4n) is 2.92. The number of nitrogens with zero attached hydrogens (tertiary/aromatic N) is 3. The Labute approximate surface area is 207 Å². The maximum atomic E-state index is 14.1. The van der Waals surface area contributed by atoms with Gasteiger partial charge in [-0.3, -0.25) is 4.79 Å². The van der Waals surface area contributed by atoms with Crippen LogP contribution in [0.25, 0.3) is 0 Å². The van der Waals surface area contributed by atoms with E-state index in [2.05, 4.69) is 15.8 Å². The van der Waals surface area contributed by atoms with E-state index in [1.165, 1.54) is 42.8 Å². The number of anilines is 2. The van der Waals surface area contributed by atoms with Crippen LogP contribution in [-0.2, 0) is 11.3 Å². The third kappa shape index (κ3) is 8.81. The maximum absolute atomic E-state index is 14.1. The summed E-state index contributed by atoms with van der Waals surface area (Å²) in [4.78, 5) is 28.0. The van der Waals surface area contributed by atoms with Crippen LogP contribution in [0.4, 0.5) is 20.2 Å². The van der Waals surface area contributed by atoms with Gasteiger partial charge in [0.15, 0.2) is 5.01 Å². The highest BCUT2D eigenvalue weighted by molar-refractivity contribution is 7.10. The molecule has 0 bridgehead atoms. The molecule has 1 heterocycles. The van der Waals surface area contributed by atoms with E-state index in [9.17, 15) is 18.5 Å². The monoisotopic (exact) mass is 500 g/mol. The number of carbonyl (C=O) groups excluding carboxylic acids is 2. The van der Waals surface area contributed by atoms with E-state index >= 15 is 0 Å². The second kappa shape index (κ2) is 13.8. The third-order valence-electron chi connectivity index (χ3n) is 4.63. The Balaban J connectivity index is 0.000000258. The Bertz CT molecular complexity index is 1160. The van der Waals surface area contributed by atoms with E-state index in [1.54, 1.807) is 12.1 Å².